The van der Waals surface area contributed by atoms with Gasteiger partial charge in [0.15, 0.2) is 0 Å². The number of aryl methyl sites for hydroxylation is 2. The summed E-state index contributed by atoms with van der Waals surface area (Å²) in [6, 6.07) is 16.8. The normalized spacial score (nSPS) is 18.8. The van der Waals surface area contributed by atoms with Crippen molar-refractivity contribution in [2.24, 2.45) is 5.92 Å². The molecule has 0 saturated carbocycles. The van der Waals surface area contributed by atoms with E-state index in [2.05, 4.69) is 5.16 Å². The van der Waals surface area contributed by atoms with Gasteiger partial charge in [0.1, 0.15) is 17.3 Å². The van der Waals surface area contributed by atoms with E-state index < -0.39 is 6.10 Å². The number of hydrogen-bond donors (Lipinski definition) is 1. The maximum Gasteiger partial charge on any atom is 0.253 e. The third kappa shape index (κ3) is 4.49. The zero-order valence-corrected chi connectivity index (χ0v) is 16.5. The van der Waals surface area contributed by atoms with Crippen molar-refractivity contribution in [2.45, 2.75) is 26.4 Å². The molecular weight excluding hydrogens is 368 g/mol. The fourth-order valence-electron chi connectivity index (χ4n) is 3.65. The summed E-state index contributed by atoms with van der Waals surface area (Å²) in [6.45, 7) is 4.68. The van der Waals surface area contributed by atoms with Gasteiger partial charge in [-0.3, -0.25) is 4.79 Å². The molecule has 2 aromatic carbocycles. The van der Waals surface area contributed by atoms with Crippen LogP contribution in [-0.2, 0) is 6.42 Å². The predicted octanol–water partition coefficient (Wildman–Crippen LogP) is 3.76. The number of carbonyl (C=O) groups excluding carboxylic acids is 1. The van der Waals surface area contributed by atoms with Crippen LogP contribution in [0, 0.1) is 19.8 Å². The van der Waals surface area contributed by atoms with Crippen LogP contribution >= 0.6 is 0 Å². The van der Waals surface area contributed by atoms with Gasteiger partial charge in [-0.2, -0.15) is 0 Å². The number of aromatic nitrogens is 1. The molecule has 29 heavy (non-hydrogen) atoms. The highest BCUT2D eigenvalue weighted by Crippen LogP contribution is 2.26. The average Bonchev–Trinajstić information content (AvgIpc) is 3.27. The number of likely N-dealkylation sites (tertiary alicyclic amines) is 1. The van der Waals surface area contributed by atoms with E-state index in [9.17, 15) is 9.90 Å². The molecule has 4 rings (SSSR count). The Labute approximate surface area is 169 Å². The molecule has 1 fully saturated rings. The minimum atomic E-state index is -0.576. The van der Waals surface area contributed by atoms with Gasteiger partial charge in [0.2, 0.25) is 0 Å². The molecular formula is C23H24N2O4. The molecule has 150 valence electrons. The summed E-state index contributed by atoms with van der Waals surface area (Å²) < 4.78 is 11.1. The van der Waals surface area contributed by atoms with Crippen molar-refractivity contribution in [1.82, 2.24) is 10.1 Å². The first kappa shape index (κ1) is 19.2. The van der Waals surface area contributed by atoms with Gasteiger partial charge in [0.25, 0.3) is 5.91 Å². The van der Waals surface area contributed by atoms with E-state index in [1.54, 1.807) is 29.2 Å². The molecule has 2 heterocycles. The topological polar surface area (TPSA) is 75.8 Å². The summed E-state index contributed by atoms with van der Waals surface area (Å²) >= 11 is 0. The zero-order chi connectivity index (χ0) is 20.4. The number of aliphatic hydroxyl groups excluding tert-OH is 1. The van der Waals surface area contributed by atoms with Crippen LogP contribution in [0.15, 0.2) is 59.1 Å². The van der Waals surface area contributed by atoms with Gasteiger partial charge in [-0.1, -0.05) is 17.3 Å². The highest BCUT2D eigenvalue weighted by molar-refractivity contribution is 5.94. The Bertz CT molecular complexity index is 996. The largest absolute Gasteiger partial charge is 0.457 e. The number of benzene rings is 2. The van der Waals surface area contributed by atoms with Crippen molar-refractivity contribution in [3.63, 3.8) is 0 Å². The number of amides is 1. The molecule has 6 nitrogen and oxygen atoms in total. The fraction of sp³-hybridized carbons (Fsp3) is 0.304. The Balaban J connectivity index is 1.39. The lowest BCUT2D eigenvalue weighted by atomic mass is 10.0. The summed E-state index contributed by atoms with van der Waals surface area (Å²) in [4.78, 5) is 14.5. The van der Waals surface area contributed by atoms with Gasteiger partial charge >= 0.3 is 0 Å². The van der Waals surface area contributed by atoms with Gasteiger partial charge in [-0.05, 0) is 55.8 Å². The molecule has 0 radical (unpaired) electrons. The Morgan fingerprint density at radius 3 is 2.62 bits per heavy atom. The Morgan fingerprint density at radius 1 is 1.14 bits per heavy atom. The number of β-amino-alcohol motifs (C(OH)–C–C–N with tert-alkyl or cyclic N) is 1. The summed E-state index contributed by atoms with van der Waals surface area (Å²) in [5, 5.41) is 14.3. The van der Waals surface area contributed by atoms with E-state index in [1.165, 1.54) is 0 Å². The molecule has 0 spiro atoms. The first-order valence-electron chi connectivity index (χ1n) is 9.72. The van der Waals surface area contributed by atoms with E-state index in [1.807, 2.05) is 44.2 Å². The number of ether oxygens (including phenoxy) is 1. The minimum absolute atomic E-state index is 0.0600. The van der Waals surface area contributed by atoms with Crippen molar-refractivity contribution in [1.29, 1.82) is 0 Å². The molecule has 1 N–H and O–H groups in total. The molecule has 0 unspecified atom stereocenters. The van der Waals surface area contributed by atoms with Crippen LogP contribution in [0.1, 0.15) is 27.4 Å². The maximum atomic E-state index is 12.8. The fourth-order valence-corrected chi connectivity index (χ4v) is 3.65. The molecule has 1 aliphatic heterocycles. The lowest BCUT2D eigenvalue weighted by molar-refractivity contribution is 0.0764. The van der Waals surface area contributed by atoms with Crippen molar-refractivity contribution >= 4 is 5.91 Å². The molecule has 0 aliphatic carbocycles. The number of carbonyl (C=O) groups is 1. The Morgan fingerprint density at radius 2 is 1.93 bits per heavy atom. The molecule has 1 aliphatic rings. The van der Waals surface area contributed by atoms with Crippen LogP contribution in [0.2, 0.25) is 0 Å². The van der Waals surface area contributed by atoms with E-state index in [4.69, 9.17) is 9.26 Å². The highest BCUT2D eigenvalue weighted by atomic mass is 16.5. The van der Waals surface area contributed by atoms with Crippen molar-refractivity contribution < 1.29 is 19.2 Å². The number of hydrogen-bond acceptors (Lipinski definition) is 5. The molecule has 1 saturated heterocycles. The van der Waals surface area contributed by atoms with Crippen LogP contribution < -0.4 is 4.74 Å². The summed E-state index contributed by atoms with van der Waals surface area (Å²) in [5.41, 5.74) is 2.51. The molecule has 2 atom stereocenters. The summed E-state index contributed by atoms with van der Waals surface area (Å²) in [7, 11) is 0. The molecule has 6 heteroatoms. The second-order valence-electron chi connectivity index (χ2n) is 7.62. The minimum Gasteiger partial charge on any atom is -0.457 e. The van der Waals surface area contributed by atoms with Gasteiger partial charge < -0.3 is 19.3 Å². The van der Waals surface area contributed by atoms with Gasteiger partial charge in [0, 0.05) is 37.1 Å². The van der Waals surface area contributed by atoms with Crippen molar-refractivity contribution in [3.05, 3.63) is 77.2 Å². The van der Waals surface area contributed by atoms with E-state index in [0.717, 1.165) is 22.8 Å². The zero-order valence-electron chi connectivity index (χ0n) is 16.5. The smallest absolute Gasteiger partial charge is 0.253 e. The number of aliphatic hydroxyl groups is 1. The quantitative estimate of drug-likeness (QED) is 0.716. The highest BCUT2D eigenvalue weighted by Gasteiger charge is 2.35. The maximum absolute atomic E-state index is 12.8. The number of rotatable bonds is 5. The second kappa shape index (κ2) is 8.09. The van der Waals surface area contributed by atoms with E-state index in [0.29, 0.717) is 30.8 Å². The van der Waals surface area contributed by atoms with Gasteiger partial charge in [0.05, 0.1) is 11.8 Å². The van der Waals surface area contributed by atoms with Crippen LogP contribution in [-0.4, -0.2) is 40.3 Å². The predicted molar refractivity (Wildman–Crippen MR) is 108 cm³/mol. The average molecular weight is 392 g/mol. The number of nitrogens with zero attached hydrogens (tertiary/aromatic N) is 2. The lowest BCUT2D eigenvalue weighted by Crippen LogP contribution is -2.29. The first-order valence-corrected chi connectivity index (χ1v) is 9.72. The Kier molecular flexibility index (Phi) is 5.36. The van der Waals surface area contributed by atoms with Crippen LogP contribution in [0.5, 0.6) is 11.5 Å². The third-order valence-electron chi connectivity index (χ3n) is 5.16. The van der Waals surface area contributed by atoms with Gasteiger partial charge in [-0.15, -0.1) is 0 Å². The molecule has 3 aromatic rings. The van der Waals surface area contributed by atoms with Crippen molar-refractivity contribution in [3.8, 4) is 11.5 Å². The summed E-state index contributed by atoms with van der Waals surface area (Å²) in [5.74, 6) is 2.01. The molecule has 0 bridgehead atoms. The van der Waals surface area contributed by atoms with E-state index >= 15 is 0 Å². The van der Waals surface area contributed by atoms with Gasteiger partial charge in [-0.25, -0.2) is 0 Å². The van der Waals surface area contributed by atoms with Crippen LogP contribution in [0.25, 0.3) is 0 Å². The van der Waals surface area contributed by atoms with Crippen molar-refractivity contribution in [2.75, 3.05) is 13.1 Å². The lowest BCUT2D eigenvalue weighted by Gasteiger charge is -2.16. The van der Waals surface area contributed by atoms with Crippen LogP contribution in [0.4, 0.5) is 0 Å². The molecule has 1 amide bonds. The summed E-state index contributed by atoms with van der Waals surface area (Å²) in [6.07, 6.45) is -0.0111. The van der Waals surface area contributed by atoms with E-state index in [-0.39, 0.29) is 11.8 Å². The standard InChI is InChI=1S/C23H24N2O4/c1-15-4-3-5-20(10-15)28-19-8-6-17(7-9-19)23(27)25-13-18(22(26)14-25)12-21-11-16(2)24-29-21/h3-11,18,22,26H,12-14H2,1-2H3/t18-,22-/m1/s1. The Hall–Kier alpha value is -3.12. The monoisotopic (exact) mass is 392 g/mol. The third-order valence-corrected chi connectivity index (χ3v) is 5.16. The SMILES string of the molecule is Cc1cccc(Oc2ccc(C(=O)N3C[C@@H](Cc4cc(C)no4)[C@H](O)C3)cc2)c1. The molecule has 1 aromatic heterocycles. The first-order chi connectivity index (χ1) is 14.0. The second-order valence-corrected chi connectivity index (χ2v) is 7.62. The van der Waals surface area contributed by atoms with Crippen LogP contribution in [0.3, 0.4) is 0 Å².